The Kier molecular flexibility index (Phi) is 5.45. The number of rotatable bonds is 5. The van der Waals surface area contributed by atoms with Crippen molar-refractivity contribution < 1.29 is 27.9 Å². The summed E-state index contributed by atoms with van der Waals surface area (Å²) < 4.78 is 30.4. The fourth-order valence-corrected chi connectivity index (χ4v) is 5.73. The molecule has 1 fully saturated rings. The molecule has 3 unspecified atom stereocenters. The number of carbonyl (C=O) groups is 2. The SMILES string of the molecule is COC(=O)C(C)S(=O)(=O)N1C(C(=O)O)CSC1C(C)C. The number of thioether (sulfide) groups is 1. The molecule has 1 aliphatic rings. The van der Waals surface area contributed by atoms with E-state index < -0.39 is 38.6 Å². The first kappa shape index (κ1) is 17.3. The highest BCUT2D eigenvalue weighted by Gasteiger charge is 2.50. The highest BCUT2D eigenvalue weighted by Crippen LogP contribution is 2.37. The standard InChI is InChI=1S/C11H19NO6S2/c1-6(2)9-12(8(5-19-9)10(13)14)20(16,17)7(3)11(15)18-4/h6-9H,5H2,1-4H3,(H,13,14). The molecule has 0 aromatic carbocycles. The van der Waals surface area contributed by atoms with Crippen LogP contribution in [0.1, 0.15) is 20.8 Å². The first-order valence-electron chi connectivity index (χ1n) is 6.09. The van der Waals surface area contributed by atoms with Crippen molar-refractivity contribution in [3.63, 3.8) is 0 Å². The molecule has 0 amide bonds. The fraction of sp³-hybridized carbons (Fsp3) is 0.818. The van der Waals surface area contributed by atoms with Crippen LogP contribution in [0.3, 0.4) is 0 Å². The Morgan fingerprint density at radius 1 is 1.35 bits per heavy atom. The molecule has 116 valence electrons. The Morgan fingerprint density at radius 2 is 1.90 bits per heavy atom. The molecular formula is C11H19NO6S2. The number of carboxylic acids is 1. The molecule has 0 saturated carbocycles. The Balaban J connectivity index is 3.21. The van der Waals surface area contributed by atoms with E-state index >= 15 is 0 Å². The molecule has 1 saturated heterocycles. The van der Waals surface area contributed by atoms with Crippen molar-refractivity contribution in [2.45, 2.75) is 37.4 Å². The van der Waals surface area contributed by atoms with Crippen LogP contribution in [-0.4, -0.2) is 59.3 Å². The van der Waals surface area contributed by atoms with E-state index in [4.69, 9.17) is 0 Å². The highest BCUT2D eigenvalue weighted by atomic mass is 32.2. The van der Waals surface area contributed by atoms with E-state index in [1.165, 1.54) is 18.7 Å². The molecule has 1 rings (SSSR count). The van der Waals surface area contributed by atoms with Gasteiger partial charge in [-0.05, 0) is 12.8 Å². The lowest BCUT2D eigenvalue weighted by atomic mass is 10.2. The third kappa shape index (κ3) is 3.09. The van der Waals surface area contributed by atoms with Gasteiger partial charge in [-0.15, -0.1) is 11.8 Å². The molecule has 1 N–H and O–H groups in total. The third-order valence-corrected chi connectivity index (χ3v) is 7.02. The van der Waals surface area contributed by atoms with Gasteiger partial charge in [0.2, 0.25) is 10.0 Å². The van der Waals surface area contributed by atoms with Gasteiger partial charge in [0.1, 0.15) is 6.04 Å². The van der Waals surface area contributed by atoms with Gasteiger partial charge in [-0.3, -0.25) is 9.59 Å². The largest absolute Gasteiger partial charge is 0.480 e. The highest BCUT2D eigenvalue weighted by molar-refractivity contribution is 8.01. The second-order valence-corrected chi connectivity index (χ2v) is 8.17. The summed E-state index contributed by atoms with van der Waals surface area (Å²) in [4.78, 5) is 22.7. The number of sulfonamides is 1. The molecule has 1 aliphatic heterocycles. The maximum Gasteiger partial charge on any atom is 0.325 e. The molecule has 9 heteroatoms. The van der Waals surface area contributed by atoms with Gasteiger partial charge in [-0.25, -0.2) is 8.42 Å². The molecule has 0 aliphatic carbocycles. The van der Waals surface area contributed by atoms with E-state index in [0.717, 1.165) is 11.4 Å². The average Bonchev–Trinajstić information content (AvgIpc) is 2.82. The second-order valence-electron chi connectivity index (χ2n) is 4.86. The van der Waals surface area contributed by atoms with Crippen LogP contribution in [0.5, 0.6) is 0 Å². The minimum absolute atomic E-state index is 0.0658. The Bertz CT molecular complexity index is 489. The molecular weight excluding hydrogens is 306 g/mol. The number of nitrogens with zero attached hydrogens (tertiary/aromatic N) is 1. The van der Waals surface area contributed by atoms with Gasteiger partial charge in [0.15, 0.2) is 5.25 Å². The van der Waals surface area contributed by atoms with Crippen LogP contribution >= 0.6 is 11.8 Å². The monoisotopic (exact) mass is 325 g/mol. The molecule has 0 bridgehead atoms. The predicted octanol–water partition coefficient (Wildman–Crippen LogP) is 0.362. The summed E-state index contributed by atoms with van der Waals surface area (Å²) in [6.07, 6.45) is 0. The average molecular weight is 325 g/mol. The van der Waals surface area contributed by atoms with E-state index in [2.05, 4.69) is 4.74 Å². The summed E-state index contributed by atoms with van der Waals surface area (Å²) in [5.41, 5.74) is 0. The van der Waals surface area contributed by atoms with E-state index in [-0.39, 0.29) is 11.7 Å². The van der Waals surface area contributed by atoms with Crippen LogP contribution in [0.4, 0.5) is 0 Å². The van der Waals surface area contributed by atoms with Crippen LogP contribution in [0, 0.1) is 5.92 Å². The lowest BCUT2D eigenvalue weighted by Gasteiger charge is -2.30. The van der Waals surface area contributed by atoms with Crippen molar-refractivity contribution in [3.8, 4) is 0 Å². The van der Waals surface area contributed by atoms with Gasteiger partial charge in [0.05, 0.1) is 12.5 Å². The lowest BCUT2D eigenvalue weighted by molar-refractivity contribution is -0.142. The van der Waals surface area contributed by atoms with Gasteiger partial charge in [0, 0.05) is 5.75 Å². The van der Waals surface area contributed by atoms with E-state index in [1.807, 2.05) is 13.8 Å². The molecule has 0 radical (unpaired) electrons. The van der Waals surface area contributed by atoms with Crippen molar-refractivity contribution in [1.29, 1.82) is 0 Å². The molecule has 3 atom stereocenters. The first-order chi connectivity index (χ1) is 9.14. The van der Waals surface area contributed by atoms with Crippen LogP contribution in [-0.2, 0) is 24.3 Å². The number of carboxylic acid groups (broad SMARTS) is 1. The summed E-state index contributed by atoms with van der Waals surface area (Å²) in [5.74, 6) is -2.00. The van der Waals surface area contributed by atoms with Crippen LogP contribution < -0.4 is 0 Å². The number of carbonyl (C=O) groups excluding carboxylic acids is 1. The quantitative estimate of drug-likeness (QED) is 0.728. The lowest BCUT2D eigenvalue weighted by Crippen LogP contribution is -2.51. The zero-order valence-electron chi connectivity index (χ0n) is 11.8. The molecule has 0 spiro atoms. The number of esters is 1. The van der Waals surface area contributed by atoms with E-state index in [0.29, 0.717) is 0 Å². The number of ether oxygens (including phenoxy) is 1. The second kappa shape index (κ2) is 6.31. The summed E-state index contributed by atoms with van der Waals surface area (Å²) in [6.45, 7) is 4.83. The Labute approximate surface area is 122 Å². The minimum atomic E-state index is -4.08. The van der Waals surface area contributed by atoms with Gasteiger partial charge in [-0.1, -0.05) is 13.8 Å². The van der Waals surface area contributed by atoms with Crippen LogP contribution in [0.2, 0.25) is 0 Å². The zero-order valence-corrected chi connectivity index (χ0v) is 13.4. The predicted molar refractivity (Wildman–Crippen MR) is 74.7 cm³/mol. The molecule has 20 heavy (non-hydrogen) atoms. The molecule has 0 aromatic heterocycles. The maximum absolute atomic E-state index is 12.5. The van der Waals surface area contributed by atoms with Crippen molar-refractivity contribution in [2.24, 2.45) is 5.92 Å². The number of hydrogen-bond acceptors (Lipinski definition) is 6. The molecule has 1 heterocycles. The fourth-order valence-electron chi connectivity index (χ4n) is 1.97. The van der Waals surface area contributed by atoms with Crippen molar-refractivity contribution >= 4 is 33.7 Å². The Morgan fingerprint density at radius 3 is 2.30 bits per heavy atom. The molecule has 0 aromatic rings. The summed E-state index contributed by atoms with van der Waals surface area (Å²) in [6, 6.07) is -1.15. The topological polar surface area (TPSA) is 101 Å². The van der Waals surface area contributed by atoms with Crippen molar-refractivity contribution in [3.05, 3.63) is 0 Å². The van der Waals surface area contributed by atoms with Crippen molar-refractivity contribution in [1.82, 2.24) is 4.31 Å². The third-order valence-electron chi connectivity index (χ3n) is 3.11. The van der Waals surface area contributed by atoms with Gasteiger partial charge >= 0.3 is 11.9 Å². The minimum Gasteiger partial charge on any atom is -0.480 e. The number of aliphatic carboxylic acids is 1. The number of hydrogen-bond donors (Lipinski definition) is 1. The first-order valence-corrected chi connectivity index (χ1v) is 8.64. The number of methoxy groups -OCH3 is 1. The van der Waals surface area contributed by atoms with Crippen LogP contribution in [0.15, 0.2) is 0 Å². The van der Waals surface area contributed by atoms with Crippen LogP contribution in [0.25, 0.3) is 0 Å². The smallest absolute Gasteiger partial charge is 0.325 e. The van der Waals surface area contributed by atoms with Gasteiger partial charge in [0.25, 0.3) is 0 Å². The Hall–Kier alpha value is -0.800. The zero-order chi connectivity index (χ0) is 15.7. The van der Waals surface area contributed by atoms with Crippen molar-refractivity contribution in [2.75, 3.05) is 12.9 Å². The maximum atomic E-state index is 12.5. The summed E-state index contributed by atoms with van der Waals surface area (Å²) >= 11 is 1.27. The van der Waals surface area contributed by atoms with Gasteiger partial charge < -0.3 is 9.84 Å². The summed E-state index contributed by atoms with van der Waals surface area (Å²) in [7, 11) is -2.98. The normalized spacial score (nSPS) is 25.6. The molecule has 7 nitrogen and oxygen atoms in total. The summed E-state index contributed by atoms with van der Waals surface area (Å²) in [5, 5.41) is 7.27. The van der Waals surface area contributed by atoms with Gasteiger partial charge in [-0.2, -0.15) is 4.31 Å². The van der Waals surface area contributed by atoms with E-state index in [1.54, 1.807) is 0 Å². The van der Waals surface area contributed by atoms with E-state index in [9.17, 15) is 23.1 Å².